The third-order valence-corrected chi connectivity index (χ3v) is 2.77. The van der Waals surface area contributed by atoms with Gasteiger partial charge < -0.3 is 4.57 Å². The molecule has 1 aliphatic heterocycles. The molecule has 0 saturated heterocycles. The molecule has 104 valence electrons. The van der Waals surface area contributed by atoms with Crippen LogP contribution in [-0.2, 0) is 19.3 Å². The van der Waals surface area contributed by atoms with E-state index < -0.39 is 12.0 Å². The lowest BCUT2D eigenvalue weighted by atomic mass is 10.2. The van der Waals surface area contributed by atoms with Crippen molar-refractivity contribution in [3.05, 3.63) is 11.6 Å². The third kappa shape index (κ3) is 3.01. The molecule has 0 aromatic carbocycles. The smallest absolute Gasteiger partial charge is 0.305 e. The highest BCUT2D eigenvalue weighted by molar-refractivity contribution is 5.02. The number of hydrogen-bond donors (Lipinski definition) is 0. The van der Waals surface area contributed by atoms with Crippen molar-refractivity contribution in [1.29, 1.82) is 0 Å². The van der Waals surface area contributed by atoms with E-state index in [1.165, 1.54) is 4.57 Å². The molecule has 0 saturated carbocycles. The molecule has 7 heteroatoms. The minimum atomic E-state index is -4.41. The summed E-state index contributed by atoms with van der Waals surface area (Å²) in [7, 11) is 0. The zero-order chi connectivity index (χ0) is 13.9. The van der Waals surface area contributed by atoms with Crippen LogP contribution in [-0.4, -0.2) is 32.3 Å². The van der Waals surface area contributed by atoms with Crippen LogP contribution in [0.15, 0.2) is 0 Å². The molecule has 0 unspecified atom stereocenters. The Bertz CT molecular complexity index is 384. The van der Waals surface area contributed by atoms with Crippen molar-refractivity contribution < 1.29 is 13.2 Å². The highest BCUT2D eigenvalue weighted by Crippen LogP contribution is 2.29. The predicted octanol–water partition coefficient (Wildman–Crippen LogP) is 2.55. The van der Waals surface area contributed by atoms with Crippen LogP contribution in [0.4, 0.5) is 13.2 Å². The Morgan fingerprint density at radius 3 is 2.22 bits per heavy atom. The van der Waals surface area contributed by atoms with Crippen LogP contribution in [0.25, 0.3) is 0 Å². The maximum absolute atomic E-state index is 12.5. The first-order chi connectivity index (χ1) is 8.39. The molecule has 0 aliphatic carbocycles. The summed E-state index contributed by atoms with van der Waals surface area (Å²) in [5.74, 6) is -0.488. The highest BCUT2D eigenvalue weighted by Gasteiger charge is 2.39. The Labute approximate surface area is 105 Å². The average Bonchev–Trinajstić information content (AvgIpc) is 2.73. The largest absolute Gasteiger partial charge is 0.451 e. The number of fused-ring (bicyclic) bond motifs is 1. The Morgan fingerprint density at radius 2 is 1.72 bits per heavy atom. The summed E-state index contributed by atoms with van der Waals surface area (Å²) >= 11 is 0. The van der Waals surface area contributed by atoms with Gasteiger partial charge in [-0.2, -0.15) is 13.2 Å². The zero-order valence-electron chi connectivity index (χ0n) is 11.1. The summed E-state index contributed by atoms with van der Waals surface area (Å²) < 4.78 is 38.7. The number of hydrogen-bond acceptors (Lipinski definition) is 3. The van der Waals surface area contributed by atoms with Crippen molar-refractivity contribution in [1.82, 2.24) is 19.7 Å². The second kappa shape index (κ2) is 5.69. The molecule has 4 nitrogen and oxygen atoms in total. The molecule has 0 spiro atoms. The molecule has 1 aromatic heterocycles. The fourth-order valence-corrected chi connectivity index (χ4v) is 1.83. The Balaban J connectivity index is 0.000000771. The van der Waals surface area contributed by atoms with Gasteiger partial charge >= 0.3 is 6.18 Å². The van der Waals surface area contributed by atoms with Crippen molar-refractivity contribution in [2.45, 2.75) is 53.0 Å². The van der Waals surface area contributed by atoms with Gasteiger partial charge in [-0.25, -0.2) is 0 Å². The summed E-state index contributed by atoms with van der Waals surface area (Å²) in [6.45, 7) is 9.36. The van der Waals surface area contributed by atoms with Crippen LogP contribution in [0.5, 0.6) is 0 Å². The van der Waals surface area contributed by atoms with Gasteiger partial charge in [-0.15, -0.1) is 10.2 Å². The fourth-order valence-electron chi connectivity index (χ4n) is 1.83. The molecule has 0 fully saturated rings. The molecular formula is C11H19F3N4. The van der Waals surface area contributed by atoms with Gasteiger partial charge in [0.05, 0.1) is 6.54 Å². The summed E-state index contributed by atoms with van der Waals surface area (Å²) in [6, 6.07) is 0.305. The van der Waals surface area contributed by atoms with Crippen molar-refractivity contribution in [3.63, 3.8) is 0 Å². The van der Waals surface area contributed by atoms with Gasteiger partial charge in [0.25, 0.3) is 0 Å². The van der Waals surface area contributed by atoms with E-state index in [0.717, 1.165) is 0 Å². The van der Waals surface area contributed by atoms with Crippen LogP contribution in [0, 0.1) is 0 Å². The zero-order valence-corrected chi connectivity index (χ0v) is 11.1. The fraction of sp³-hybridized carbons (Fsp3) is 0.818. The number of aromatic nitrogens is 3. The Morgan fingerprint density at radius 1 is 1.11 bits per heavy atom. The molecule has 0 radical (unpaired) electrons. The van der Waals surface area contributed by atoms with E-state index in [2.05, 4.69) is 15.1 Å². The lowest BCUT2D eigenvalue weighted by Crippen LogP contribution is -2.39. The Hall–Kier alpha value is -1.11. The highest BCUT2D eigenvalue weighted by atomic mass is 19.4. The van der Waals surface area contributed by atoms with Gasteiger partial charge in [-0.1, -0.05) is 13.8 Å². The number of alkyl halides is 3. The number of rotatable bonds is 1. The normalized spacial score (nSPS) is 16.2. The van der Waals surface area contributed by atoms with E-state index in [1.54, 1.807) is 0 Å². The van der Waals surface area contributed by atoms with Crippen LogP contribution in [0.2, 0.25) is 0 Å². The summed E-state index contributed by atoms with van der Waals surface area (Å²) in [6.07, 6.45) is -4.41. The topological polar surface area (TPSA) is 34.0 Å². The molecule has 1 aliphatic rings. The SMILES string of the molecule is CC.CC(C)N1CCn2c(nnc2C(F)(F)F)C1. The monoisotopic (exact) mass is 264 g/mol. The molecule has 2 rings (SSSR count). The Kier molecular flexibility index (Phi) is 4.72. The lowest BCUT2D eigenvalue weighted by molar-refractivity contribution is -0.148. The molecule has 0 atom stereocenters. The maximum Gasteiger partial charge on any atom is 0.451 e. The second-order valence-corrected chi connectivity index (χ2v) is 4.15. The quantitative estimate of drug-likeness (QED) is 0.781. The van der Waals surface area contributed by atoms with Crippen molar-refractivity contribution in [2.75, 3.05) is 6.54 Å². The molecule has 0 amide bonds. The van der Waals surface area contributed by atoms with E-state index in [-0.39, 0.29) is 0 Å². The van der Waals surface area contributed by atoms with Crippen molar-refractivity contribution in [3.8, 4) is 0 Å². The number of halogens is 3. The van der Waals surface area contributed by atoms with Gasteiger partial charge in [-0.05, 0) is 13.8 Å². The summed E-state index contributed by atoms with van der Waals surface area (Å²) in [5.41, 5.74) is 0. The van der Waals surface area contributed by atoms with E-state index >= 15 is 0 Å². The molecule has 0 bridgehead atoms. The van der Waals surface area contributed by atoms with Gasteiger partial charge in [0.1, 0.15) is 5.82 Å². The van der Waals surface area contributed by atoms with Crippen LogP contribution >= 0.6 is 0 Å². The van der Waals surface area contributed by atoms with Crippen LogP contribution < -0.4 is 0 Å². The summed E-state index contributed by atoms with van der Waals surface area (Å²) in [5, 5.41) is 6.83. The van der Waals surface area contributed by atoms with Gasteiger partial charge in [0, 0.05) is 19.1 Å². The van der Waals surface area contributed by atoms with E-state index in [9.17, 15) is 13.2 Å². The summed E-state index contributed by atoms with van der Waals surface area (Å²) in [4.78, 5) is 2.07. The van der Waals surface area contributed by atoms with E-state index in [1.807, 2.05) is 27.7 Å². The first-order valence-electron chi connectivity index (χ1n) is 6.13. The van der Waals surface area contributed by atoms with Crippen LogP contribution in [0.3, 0.4) is 0 Å². The van der Waals surface area contributed by atoms with Gasteiger partial charge in [-0.3, -0.25) is 4.90 Å². The standard InChI is InChI=1S/C9H13F3N4.C2H6/c1-6(2)15-3-4-16-7(5-15)13-14-8(16)9(10,11)12;1-2/h6H,3-5H2,1-2H3;1-2H3. The first kappa shape index (κ1) is 14.9. The van der Waals surface area contributed by atoms with E-state index in [4.69, 9.17) is 0 Å². The molecule has 0 N–H and O–H groups in total. The second-order valence-electron chi connectivity index (χ2n) is 4.15. The lowest BCUT2D eigenvalue weighted by Gasteiger charge is -2.30. The van der Waals surface area contributed by atoms with Crippen LogP contribution in [0.1, 0.15) is 39.3 Å². The third-order valence-electron chi connectivity index (χ3n) is 2.77. The minimum absolute atomic E-state index is 0.301. The predicted molar refractivity (Wildman–Crippen MR) is 61.9 cm³/mol. The molecule has 2 heterocycles. The minimum Gasteiger partial charge on any atom is -0.305 e. The average molecular weight is 264 g/mol. The maximum atomic E-state index is 12.5. The molecule has 18 heavy (non-hydrogen) atoms. The van der Waals surface area contributed by atoms with Gasteiger partial charge in [0.2, 0.25) is 5.82 Å². The molecular weight excluding hydrogens is 245 g/mol. The van der Waals surface area contributed by atoms with Gasteiger partial charge in [0.15, 0.2) is 0 Å². The van der Waals surface area contributed by atoms with Crippen molar-refractivity contribution in [2.24, 2.45) is 0 Å². The van der Waals surface area contributed by atoms with E-state index in [0.29, 0.717) is 31.5 Å². The molecule has 1 aromatic rings. The first-order valence-corrected chi connectivity index (χ1v) is 6.13. The van der Waals surface area contributed by atoms with Crippen molar-refractivity contribution >= 4 is 0 Å². The number of nitrogens with zero attached hydrogens (tertiary/aromatic N) is 4.